The highest BCUT2D eigenvalue weighted by Gasteiger charge is 2.32. The van der Waals surface area contributed by atoms with Crippen molar-refractivity contribution in [1.29, 1.82) is 0 Å². The van der Waals surface area contributed by atoms with Gasteiger partial charge in [0, 0.05) is 25.2 Å². The van der Waals surface area contributed by atoms with E-state index in [1.165, 1.54) is 25.5 Å². The van der Waals surface area contributed by atoms with Gasteiger partial charge in [0.2, 0.25) is 0 Å². The molecule has 2 atom stereocenters. The molecule has 0 saturated carbocycles. The van der Waals surface area contributed by atoms with Crippen molar-refractivity contribution < 1.29 is 9.66 Å². The molecule has 1 aromatic rings. The zero-order valence-corrected chi connectivity index (χ0v) is 12.1. The number of ether oxygens (including phenoxy) is 1. The Morgan fingerprint density at radius 1 is 1.57 bits per heavy atom. The van der Waals surface area contributed by atoms with Crippen LogP contribution in [0.4, 0.5) is 11.5 Å². The summed E-state index contributed by atoms with van der Waals surface area (Å²) in [5.41, 5.74) is 0.476. The maximum Gasteiger partial charge on any atom is 0.290 e. The number of hydrogen-bond donors (Lipinski definition) is 1. The number of anilines is 1. The van der Waals surface area contributed by atoms with E-state index < -0.39 is 4.92 Å². The highest BCUT2D eigenvalue weighted by molar-refractivity contribution is 5.44. The largest absolute Gasteiger partial charge is 0.373 e. The first kappa shape index (κ1) is 14.2. The Bertz CT molecular complexity index is 537. The molecular weight excluding hydrogens is 272 g/mol. The first-order valence-electron chi connectivity index (χ1n) is 7.35. The first-order valence-corrected chi connectivity index (χ1v) is 7.35. The molecule has 3 rings (SSSR count). The molecule has 2 saturated heterocycles. The molecule has 3 heterocycles. The molecule has 2 unspecified atom stereocenters. The maximum atomic E-state index is 10.8. The van der Waals surface area contributed by atoms with Crippen LogP contribution in [0.15, 0.2) is 12.1 Å². The fourth-order valence-corrected chi connectivity index (χ4v) is 3.07. The van der Waals surface area contributed by atoms with E-state index in [0.29, 0.717) is 24.1 Å². The summed E-state index contributed by atoms with van der Waals surface area (Å²) in [4.78, 5) is 17.1. The van der Waals surface area contributed by atoms with E-state index in [4.69, 9.17) is 4.74 Å². The van der Waals surface area contributed by atoms with Crippen molar-refractivity contribution in [3.8, 4) is 0 Å². The number of rotatable bonds is 4. The van der Waals surface area contributed by atoms with E-state index in [9.17, 15) is 10.1 Å². The van der Waals surface area contributed by atoms with E-state index in [1.54, 1.807) is 13.0 Å². The van der Waals surface area contributed by atoms with Crippen molar-refractivity contribution in [2.24, 2.45) is 0 Å². The Balaban J connectivity index is 1.55. The molecule has 114 valence electrons. The maximum absolute atomic E-state index is 10.8. The van der Waals surface area contributed by atoms with E-state index in [1.807, 2.05) is 0 Å². The summed E-state index contributed by atoms with van der Waals surface area (Å²) in [6.07, 6.45) is 2.65. The molecular formula is C14H20N4O3. The lowest BCUT2D eigenvalue weighted by molar-refractivity contribution is -0.385. The summed E-state index contributed by atoms with van der Waals surface area (Å²) in [5.74, 6) is 0.658. The summed E-state index contributed by atoms with van der Waals surface area (Å²) in [7, 11) is 0. The second-order valence-electron chi connectivity index (χ2n) is 5.69. The van der Waals surface area contributed by atoms with Crippen LogP contribution >= 0.6 is 0 Å². The number of nitro groups is 1. The summed E-state index contributed by atoms with van der Waals surface area (Å²) in [6, 6.07) is 3.73. The van der Waals surface area contributed by atoms with E-state index in [0.717, 1.165) is 13.2 Å². The minimum atomic E-state index is -0.413. The monoisotopic (exact) mass is 292 g/mol. The smallest absolute Gasteiger partial charge is 0.290 e. The second-order valence-corrected chi connectivity index (χ2v) is 5.69. The molecule has 21 heavy (non-hydrogen) atoms. The molecule has 0 aromatic carbocycles. The van der Waals surface area contributed by atoms with Gasteiger partial charge in [0.05, 0.1) is 17.6 Å². The third-order valence-corrected chi connectivity index (χ3v) is 4.23. The topological polar surface area (TPSA) is 80.5 Å². The van der Waals surface area contributed by atoms with Crippen molar-refractivity contribution in [3.63, 3.8) is 0 Å². The molecule has 0 radical (unpaired) electrons. The van der Waals surface area contributed by atoms with Crippen LogP contribution in [-0.2, 0) is 4.74 Å². The van der Waals surface area contributed by atoms with Gasteiger partial charge in [0.25, 0.3) is 5.69 Å². The summed E-state index contributed by atoms with van der Waals surface area (Å²) in [5, 5.41) is 14.0. The van der Waals surface area contributed by atoms with Crippen LogP contribution in [0, 0.1) is 17.0 Å². The number of pyridine rings is 1. The fraction of sp³-hybridized carbons (Fsp3) is 0.643. The van der Waals surface area contributed by atoms with Gasteiger partial charge in [0.15, 0.2) is 0 Å². The van der Waals surface area contributed by atoms with Gasteiger partial charge in [-0.3, -0.25) is 15.0 Å². The summed E-state index contributed by atoms with van der Waals surface area (Å²) >= 11 is 0. The average Bonchev–Trinajstić information content (AvgIpc) is 2.92. The van der Waals surface area contributed by atoms with Gasteiger partial charge in [-0.05, 0) is 32.4 Å². The predicted molar refractivity (Wildman–Crippen MR) is 78.5 cm³/mol. The Kier molecular flexibility index (Phi) is 4.03. The first-order chi connectivity index (χ1) is 10.1. The quantitative estimate of drug-likeness (QED) is 0.670. The Hall–Kier alpha value is -1.73. The molecule has 0 bridgehead atoms. The SMILES string of the molecule is Cc1nc(NCC2CN3CCCC3CO2)ccc1[N+](=O)[O-]. The van der Waals surface area contributed by atoms with Gasteiger partial charge in [0.1, 0.15) is 11.5 Å². The number of hydrogen-bond acceptors (Lipinski definition) is 6. The normalized spacial score (nSPS) is 25.6. The second kappa shape index (κ2) is 5.95. The summed E-state index contributed by atoms with van der Waals surface area (Å²) < 4.78 is 5.87. The van der Waals surface area contributed by atoms with E-state index in [-0.39, 0.29) is 11.8 Å². The number of morpholine rings is 1. The minimum Gasteiger partial charge on any atom is -0.373 e. The Morgan fingerprint density at radius 3 is 3.19 bits per heavy atom. The van der Waals surface area contributed by atoms with Crippen LogP contribution in [0.3, 0.4) is 0 Å². The van der Waals surface area contributed by atoms with Gasteiger partial charge in [-0.1, -0.05) is 0 Å². The summed E-state index contributed by atoms with van der Waals surface area (Å²) in [6.45, 7) is 5.24. The standard InChI is InChI=1S/C14H20N4O3/c1-10-13(18(19)20)4-5-14(16-10)15-7-12-8-17-6-2-3-11(17)9-21-12/h4-5,11-12H,2-3,6-9H2,1H3,(H,15,16). The van der Waals surface area contributed by atoms with Crippen LogP contribution in [-0.4, -0.2) is 53.2 Å². The predicted octanol–water partition coefficient (Wildman–Crippen LogP) is 1.57. The number of nitrogens with one attached hydrogen (secondary N) is 1. The lowest BCUT2D eigenvalue weighted by Gasteiger charge is -2.35. The third kappa shape index (κ3) is 3.14. The molecule has 2 aliphatic rings. The van der Waals surface area contributed by atoms with Gasteiger partial charge in [-0.15, -0.1) is 0 Å². The zero-order valence-electron chi connectivity index (χ0n) is 12.1. The lowest BCUT2D eigenvalue weighted by atomic mass is 10.2. The lowest BCUT2D eigenvalue weighted by Crippen LogP contribution is -2.48. The van der Waals surface area contributed by atoms with Gasteiger partial charge in [-0.25, -0.2) is 4.98 Å². The van der Waals surface area contributed by atoms with Gasteiger partial charge in [-0.2, -0.15) is 0 Å². The van der Waals surface area contributed by atoms with Crippen LogP contribution < -0.4 is 5.32 Å². The number of fused-ring (bicyclic) bond motifs is 1. The molecule has 1 N–H and O–H groups in total. The average molecular weight is 292 g/mol. The molecule has 7 heteroatoms. The van der Waals surface area contributed by atoms with E-state index in [2.05, 4.69) is 15.2 Å². The van der Waals surface area contributed by atoms with Crippen molar-refractivity contribution in [1.82, 2.24) is 9.88 Å². The van der Waals surface area contributed by atoms with E-state index >= 15 is 0 Å². The third-order valence-electron chi connectivity index (χ3n) is 4.23. The van der Waals surface area contributed by atoms with Crippen molar-refractivity contribution in [2.75, 3.05) is 31.6 Å². The van der Waals surface area contributed by atoms with Crippen LogP contribution in [0.5, 0.6) is 0 Å². The Labute approximate surface area is 123 Å². The van der Waals surface area contributed by atoms with Crippen LogP contribution in [0.1, 0.15) is 18.5 Å². The molecule has 0 aliphatic carbocycles. The highest BCUT2D eigenvalue weighted by Crippen LogP contribution is 2.23. The van der Waals surface area contributed by atoms with Gasteiger partial charge >= 0.3 is 0 Å². The Morgan fingerprint density at radius 2 is 2.43 bits per heavy atom. The van der Waals surface area contributed by atoms with Crippen LogP contribution in [0.2, 0.25) is 0 Å². The van der Waals surface area contributed by atoms with Gasteiger partial charge < -0.3 is 10.1 Å². The van der Waals surface area contributed by atoms with Crippen molar-refractivity contribution in [2.45, 2.75) is 31.9 Å². The fourth-order valence-electron chi connectivity index (χ4n) is 3.07. The molecule has 7 nitrogen and oxygen atoms in total. The minimum absolute atomic E-state index is 0.0503. The molecule has 0 amide bonds. The van der Waals surface area contributed by atoms with Crippen LogP contribution in [0.25, 0.3) is 0 Å². The molecule has 0 spiro atoms. The highest BCUT2D eigenvalue weighted by atomic mass is 16.6. The number of aromatic nitrogens is 1. The zero-order chi connectivity index (χ0) is 14.8. The molecule has 1 aromatic heterocycles. The van der Waals surface area contributed by atoms with Crippen molar-refractivity contribution in [3.05, 3.63) is 27.9 Å². The number of aryl methyl sites for hydroxylation is 1. The van der Waals surface area contributed by atoms with Crippen molar-refractivity contribution >= 4 is 11.5 Å². The molecule has 2 fully saturated rings. The number of nitrogens with zero attached hydrogens (tertiary/aromatic N) is 3. The molecule has 2 aliphatic heterocycles.